The van der Waals surface area contributed by atoms with Crippen molar-refractivity contribution in [3.8, 4) is 28.4 Å². The lowest BCUT2D eigenvalue weighted by Gasteiger charge is -2.22. The van der Waals surface area contributed by atoms with Gasteiger partial charge in [-0.05, 0) is 55.0 Å². The second-order valence-electron chi connectivity index (χ2n) is 8.04. The van der Waals surface area contributed by atoms with Crippen LogP contribution >= 0.6 is 23.2 Å². The van der Waals surface area contributed by atoms with E-state index < -0.39 is 18.4 Å². The highest BCUT2D eigenvalue weighted by molar-refractivity contribution is 6.37. The van der Waals surface area contributed by atoms with E-state index in [9.17, 15) is 19.8 Å². The molecule has 1 amide bonds. The fourth-order valence-corrected chi connectivity index (χ4v) is 4.17. The summed E-state index contributed by atoms with van der Waals surface area (Å²) in [6, 6.07) is 23.7. The number of aryl methyl sites for hydroxylation is 1. The van der Waals surface area contributed by atoms with Crippen molar-refractivity contribution in [1.29, 1.82) is 0 Å². The van der Waals surface area contributed by atoms with E-state index >= 15 is 0 Å². The van der Waals surface area contributed by atoms with E-state index in [1.54, 1.807) is 36.4 Å². The van der Waals surface area contributed by atoms with E-state index in [2.05, 4.69) is 0 Å². The van der Waals surface area contributed by atoms with Crippen LogP contribution in [0.5, 0.6) is 17.2 Å². The quantitative estimate of drug-likeness (QED) is 0.268. The predicted molar refractivity (Wildman–Crippen MR) is 141 cm³/mol. The first-order valence-electron chi connectivity index (χ1n) is 10.9. The summed E-state index contributed by atoms with van der Waals surface area (Å²) < 4.78 is 5.94. The lowest BCUT2D eigenvalue weighted by atomic mass is 10.0. The number of hydrogen-bond donors (Lipinski definition) is 2. The maximum atomic E-state index is 13.1. The lowest BCUT2D eigenvalue weighted by Crippen LogP contribution is -2.35. The molecule has 0 bridgehead atoms. The van der Waals surface area contributed by atoms with E-state index in [-0.39, 0.29) is 27.2 Å². The Balaban J connectivity index is 1.67. The molecule has 0 heterocycles. The summed E-state index contributed by atoms with van der Waals surface area (Å²) >= 11 is 13.0. The van der Waals surface area contributed by atoms with Gasteiger partial charge in [-0.25, -0.2) is 0 Å². The van der Waals surface area contributed by atoms with Gasteiger partial charge in [0.2, 0.25) is 0 Å². The molecule has 0 saturated carbocycles. The van der Waals surface area contributed by atoms with Crippen LogP contribution in [0.4, 0.5) is 5.69 Å². The number of phenolic OH excluding ortho intramolecular Hbond substituents is 1. The monoisotopic (exact) mass is 521 g/mol. The van der Waals surface area contributed by atoms with Gasteiger partial charge in [-0.2, -0.15) is 0 Å². The zero-order valence-electron chi connectivity index (χ0n) is 19.1. The number of carbonyl (C=O) groups is 2. The maximum absolute atomic E-state index is 13.1. The van der Waals surface area contributed by atoms with Crippen molar-refractivity contribution in [1.82, 2.24) is 0 Å². The SMILES string of the molecule is Cc1ccc(C(=O)N(CC(=O)O)c2cc(Cl)c(Oc3ccc(O)c(-c4ccccc4)c3)c(Cl)c2)cc1. The van der Waals surface area contributed by atoms with Crippen molar-refractivity contribution in [2.24, 2.45) is 0 Å². The van der Waals surface area contributed by atoms with Crippen LogP contribution in [0, 0.1) is 6.92 Å². The van der Waals surface area contributed by atoms with Crippen LogP contribution in [0.15, 0.2) is 84.9 Å². The Morgan fingerprint density at radius 1 is 0.889 bits per heavy atom. The summed E-state index contributed by atoms with van der Waals surface area (Å²) in [6.45, 7) is 1.30. The second kappa shape index (κ2) is 10.7. The summed E-state index contributed by atoms with van der Waals surface area (Å²) in [4.78, 5) is 25.7. The first-order chi connectivity index (χ1) is 17.2. The van der Waals surface area contributed by atoms with E-state index in [1.807, 2.05) is 37.3 Å². The smallest absolute Gasteiger partial charge is 0.323 e. The van der Waals surface area contributed by atoms with Crippen LogP contribution in [-0.4, -0.2) is 28.6 Å². The van der Waals surface area contributed by atoms with Gasteiger partial charge in [-0.1, -0.05) is 71.2 Å². The number of carboxylic acid groups (broad SMARTS) is 1. The molecule has 36 heavy (non-hydrogen) atoms. The number of carbonyl (C=O) groups excluding carboxylic acids is 1. The average Bonchev–Trinajstić information content (AvgIpc) is 2.86. The summed E-state index contributed by atoms with van der Waals surface area (Å²) in [5.41, 5.74) is 2.86. The fraction of sp³-hybridized carbons (Fsp3) is 0.0714. The molecular formula is C28H21Cl2NO5. The van der Waals surface area contributed by atoms with Gasteiger partial charge in [0.1, 0.15) is 18.0 Å². The van der Waals surface area contributed by atoms with Crippen LogP contribution in [0.25, 0.3) is 11.1 Å². The van der Waals surface area contributed by atoms with Gasteiger partial charge in [0.05, 0.1) is 10.0 Å². The molecule has 6 nitrogen and oxygen atoms in total. The van der Waals surface area contributed by atoms with Crippen LogP contribution < -0.4 is 9.64 Å². The van der Waals surface area contributed by atoms with Gasteiger partial charge in [0.25, 0.3) is 5.91 Å². The van der Waals surface area contributed by atoms with Gasteiger partial charge in [-0.3, -0.25) is 14.5 Å². The number of nitrogens with zero attached hydrogens (tertiary/aromatic N) is 1. The third-order valence-electron chi connectivity index (χ3n) is 5.40. The average molecular weight is 522 g/mol. The molecule has 0 aliphatic heterocycles. The molecule has 0 aliphatic carbocycles. The van der Waals surface area contributed by atoms with E-state index in [4.69, 9.17) is 27.9 Å². The number of hydrogen-bond acceptors (Lipinski definition) is 4. The standard InChI is InChI=1S/C28H21Cl2NO5/c1-17-7-9-19(10-8-17)28(35)31(16-26(33)34)20-13-23(29)27(24(30)14-20)36-21-11-12-25(32)22(15-21)18-5-3-2-4-6-18/h2-15,32H,16H2,1H3,(H,33,34). The molecule has 0 atom stereocenters. The number of ether oxygens (including phenoxy) is 1. The molecule has 4 rings (SSSR count). The highest BCUT2D eigenvalue weighted by atomic mass is 35.5. The summed E-state index contributed by atoms with van der Waals surface area (Å²) in [6.07, 6.45) is 0. The second-order valence-corrected chi connectivity index (χ2v) is 8.85. The minimum Gasteiger partial charge on any atom is -0.507 e. The topological polar surface area (TPSA) is 87.1 Å². The number of carboxylic acids is 1. The Morgan fingerprint density at radius 3 is 2.14 bits per heavy atom. The molecule has 0 saturated heterocycles. The maximum Gasteiger partial charge on any atom is 0.323 e. The number of benzene rings is 4. The van der Waals surface area contributed by atoms with Gasteiger partial charge in [-0.15, -0.1) is 0 Å². The number of phenols is 1. The minimum absolute atomic E-state index is 0.0823. The molecule has 2 N–H and O–H groups in total. The molecule has 0 aliphatic rings. The Hall–Kier alpha value is -4.00. The Kier molecular flexibility index (Phi) is 7.48. The van der Waals surface area contributed by atoms with Crippen molar-refractivity contribution in [3.05, 3.63) is 106 Å². The van der Waals surface area contributed by atoms with Crippen molar-refractivity contribution >= 4 is 40.8 Å². The number of anilines is 1. The van der Waals surface area contributed by atoms with E-state index in [1.165, 1.54) is 18.2 Å². The molecule has 8 heteroatoms. The molecule has 0 spiro atoms. The number of amides is 1. The number of halogens is 2. The normalized spacial score (nSPS) is 10.6. The van der Waals surface area contributed by atoms with Crippen LogP contribution in [0.3, 0.4) is 0 Å². The van der Waals surface area contributed by atoms with Crippen LogP contribution in [-0.2, 0) is 4.79 Å². The van der Waals surface area contributed by atoms with Gasteiger partial charge in [0.15, 0.2) is 5.75 Å². The minimum atomic E-state index is -1.19. The fourth-order valence-electron chi connectivity index (χ4n) is 3.61. The molecule has 0 aromatic heterocycles. The summed E-state index contributed by atoms with van der Waals surface area (Å²) in [7, 11) is 0. The van der Waals surface area contributed by atoms with Crippen molar-refractivity contribution in [3.63, 3.8) is 0 Å². The van der Waals surface area contributed by atoms with E-state index in [0.717, 1.165) is 16.0 Å². The van der Waals surface area contributed by atoms with Crippen LogP contribution in [0.1, 0.15) is 15.9 Å². The summed E-state index contributed by atoms with van der Waals surface area (Å²) in [5.74, 6) is -1.11. The van der Waals surface area contributed by atoms with Crippen LogP contribution in [0.2, 0.25) is 10.0 Å². The molecule has 0 unspecified atom stereocenters. The summed E-state index contributed by atoms with van der Waals surface area (Å²) in [5, 5.41) is 19.9. The predicted octanol–water partition coefficient (Wildman–Crippen LogP) is 7.20. The third kappa shape index (κ3) is 5.62. The Morgan fingerprint density at radius 2 is 1.53 bits per heavy atom. The Bertz CT molecular complexity index is 1400. The highest BCUT2D eigenvalue weighted by Gasteiger charge is 2.23. The molecule has 182 valence electrons. The zero-order valence-corrected chi connectivity index (χ0v) is 20.6. The van der Waals surface area contributed by atoms with E-state index in [0.29, 0.717) is 16.9 Å². The van der Waals surface area contributed by atoms with Gasteiger partial charge >= 0.3 is 5.97 Å². The Labute approximate surface area is 217 Å². The van der Waals surface area contributed by atoms with Gasteiger partial charge in [0, 0.05) is 16.8 Å². The molecule has 4 aromatic carbocycles. The zero-order chi connectivity index (χ0) is 25.8. The number of aromatic hydroxyl groups is 1. The first-order valence-corrected chi connectivity index (χ1v) is 11.6. The highest BCUT2D eigenvalue weighted by Crippen LogP contribution is 2.42. The molecule has 0 radical (unpaired) electrons. The molecule has 4 aromatic rings. The lowest BCUT2D eigenvalue weighted by molar-refractivity contribution is -0.135. The van der Waals surface area contributed by atoms with Crippen molar-refractivity contribution in [2.75, 3.05) is 11.4 Å². The largest absolute Gasteiger partial charge is 0.507 e. The molecular weight excluding hydrogens is 501 g/mol. The van der Waals surface area contributed by atoms with Gasteiger partial charge < -0.3 is 14.9 Å². The van der Waals surface area contributed by atoms with Crippen molar-refractivity contribution < 1.29 is 24.5 Å². The first kappa shape index (κ1) is 25.1. The van der Waals surface area contributed by atoms with Crippen molar-refractivity contribution in [2.45, 2.75) is 6.92 Å². The number of aliphatic carboxylic acids is 1. The molecule has 0 fully saturated rings. The number of rotatable bonds is 7. The third-order valence-corrected chi connectivity index (χ3v) is 5.97.